The molecule has 0 bridgehead atoms. The average molecular weight is 521 g/mol. The van der Waals surface area contributed by atoms with Crippen LogP contribution in [0.25, 0.3) is 0 Å². The van der Waals surface area contributed by atoms with Crippen molar-refractivity contribution in [3.63, 3.8) is 0 Å². The second-order valence-corrected chi connectivity index (χ2v) is 12.3. The van der Waals surface area contributed by atoms with E-state index in [1.807, 2.05) is 50.2 Å². The second-order valence-electron chi connectivity index (χ2n) is 10.4. The van der Waals surface area contributed by atoms with Crippen LogP contribution in [0, 0.1) is 13.8 Å². The number of rotatable bonds is 9. The number of hydrogen-bond donors (Lipinski definition) is 1. The van der Waals surface area contributed by atoms with E-state index in [0.717, 1.165) is 16.7 Å². The molecule has 1 amide bonds. The quantitative estimate of drug-likeness (QED) is 0.350. The Labute approximate surface area is 220 Å². The van der Waals surface area contributed by atoms with Gasteiger partial charge in [-0.2, -0.15) is 0 Å². The average Bonchev–Trinajstić information content (AvgIpc) is 2.82. The predicted molar refractivity (Wildman–Crippen MR) is 151 cm³/mol. The topological polar surface area (TPSA) is 83.6 Å². The number of carbonyl (C=O) groups excluding carboxylic acids is 2. The fourth-order valence-electron chi connectivity index (χ4n) is 4.10. The van der Waals surface area contributed by atoms with Crippen LogP contribution >= 0.6 is 0 Å². The Hall–Kier alpha value is -3.45. The number of anilines is 2. The molecule has 3 aromatic rings. The zero-order chi connectivity index (χ0) is 27.4. The predicted octanol–water partition coefficient (Wildman–Crippen LogP) is 6.02. The van der Waals surface area contributed by atoms with E-state index >= 15 is 0 Å². The van der Waals surface area contributed by atoms with Crippen molar-refractivity contribution in [3.8, 4) is 0 Å². The lowest BCUT2D eigenvalue weighted by Crippen LogP contribution is -2.32. The van der Waals surface area contributed by atoms with Crippen LogP contribution in [0.4, 0.5) is 11.4 Å². The van der Waals surface area contributed by atoms with E-state index in [1.54, 1.807) is 30.3 Å². The summed E-state index contributed by atoms with van der Waals surface area (Å²) in [5, 5.41) is 2.83. The first-order chi connectivity index (χ1) is 17.3. The molecule has 0 aromatic heterocycles. The summed E-state index contributed by atoms with van der Waals surface area (Å²) in [7, 11) is -3.50. The summed E-state index contributed by atoms with van der Waals surface area (Å²) in [5.41, 5.74) is 5.28. The summed E-state index contributed by atoms with van der Waals surface area (Å²) < 4.78 is 26.2. The van der Waals surface area contributed by atoms with Crippen LogP contribution in [0.5, 0.6) is 0 Å². The number of sulfonamides is 1. The minimum Gasteiger partial charge on any atom is -0.326 e. The largest absolute Gasteiger partial charge is 0.326 e. The standard InChI is InChI=1S/C30H36N2O4S/c1-21-10-7-13-27(22(21)2)32(37(6,35)36)19-9-14-28(33)31-26-12-8-11-24(20-26)29(34)23-15-17-25(18-16-23)30(3,4)5/h7-8,10-13,15-18,20H,9,14,19H2,1-6H3,(H,31,33). The van der Waals surface area contributed by atoms with Crippen molar-refractivity contribution in [1.82, 2.24) is 0 Å². The van der Waals surface area contributed by atoms with Crippen molar-refractivity contribution in [1.29, 1.82) is 0 Å². The van der Waals surface area contributed by atoms with Gasteiger partial charge in [-0.05, 0) is 60.6 Å². The van der Waals surface area contributed by atoms with E-state index in [9.17, 15) is 18.0 Å². The number of nitrogens with zero attached hydrogens (tertiary/aromatic N) is 1. The lowest BCUT2D eigenvalue weighted by Gasteiger charge is -2.24. The molecule has 0 spiro atoms. The fraction of sp³-hybridized carbons (Fsp3) is 0.333. The molecule has 0 saturated carbocycles. The van der Waals surface area contributed by atoms with Gasteiger partial charge in [0.15, 0.2) is 5.78 Å². The molecule has 7 heteroatoms. The number of aryl methyl sites for hydroxylation is 1. The molecule has 0 aliphatic carbocycles. The Morgan fingerprint density at radius 1 is 0.892 bits per heavy atom. The van der Waals surface area contributed by atoms with Gasteiger partial charge >= 0.3 is 0 Å². The Kier molecular flexibility index (Phi) is 8.59. The van der Waals surface area contributed by atoms with Crippen LogP contribution < -0.4 is 9.62 Å². The zero-order valence-corrected chi connectivity index (χ0v) is 23.3. The maximum absolute atomic E-state index is 13.0. The highest BCUT2D eigenvalue weighted by atomic mass is 32.2. The molecule has 0 unspecified atom stereocenters. The number of benzene rings is 3. The Bertz CT molecular complexity index is 1390. The molecule has 37 heavy (non-hydrogen) atoms. The molecule has 0 aliphatic heterocycles. The summed E-state index contributed by atoms with van der Waals surface area (Å²) in [6, 6.07) is 20.0. The number of carbonyl (C=O) groups is 2. The van der Waals surface area contributed by atoms with Crippen molar-refractivity contribution in [3.05, 3.63) is 94.5 Å². The third-order valence-electron chi connectivity index (χ3n) is 6.43. The molecule has 6 nitrogen and oxygen atoms in total. The van der Waals surface area contributed by atoms with Gasteiger partial charge in [-0.15, -0.1) is 0 Å². The van der Waals surface area contributed by atoms with E-state index < -0.39 is 10.0 Å². The third-order valence-corrected chi connectivity index (χ3v) is 7.61. The van der Waals surface area contributed by atoms with E-state index in [1.165, 1.54) is 10.6 Å². The van der Waals surface area contributed by atoms with Crippen LogP contribution in [0.1, 0.15) is 66.2 Å². The molecule has 0 atom stereocenters. The van der Waals surface area contributed by atoms with Gasteiger partial charge in [0.1, 0.15) is 0 Å². The summed E-state index contributed by atoms with van der Waals surface area (Å²) in [4.78, 5) is 25.6. The van der Waals surface area contributed by atoms with Crippen molar-refractivity contribution >= 4 is 33.1 Å². The molecular formula is C30H36N2O4S. The minimum atomic E-state index is -3.50. The first kappa shape index (κ1) is 28.1. The first-order valence-corrected chi connectivity index (χ1v) is 14.2. The SMILES string of the molecule is Cc1cccc(N(CCCC(=O)Nc2cccc(C(=O)c3ccc(C(C)(C)C)cc3)c2)S(C)(=O)=O)c1C. The maximum atomic E-state index is 13.0. The number of hydrogen-bond acceptors (Lipinski definition) is 4. The lowest BCUT2D eigenvalue weighted by molar-refractivity contribution is -0.116. The second kappa shape index (κ2) is 11.3. The van der Waals surface area contributed by atoms with Gasteiger partial charge in [0.25, 0.3) is 0 Å². The van der Waals surface area contributed by atoms with Gasteiger partial charge < -0.3 is 5.32 Å². The van der Waals surface area contributed by atoms with Crippen LogP contribution in [0.2, 0.25) is 0 Å². The molecule has 1 N–H and O–H groups in total. The molecule has 0 fully saturated rings. The Balaban J connectivity index is 1.64. The van der Waals surface area contributed by atoms with Crippen LogP contribution in [0.15, 0.2) is 66.7 Å². The Morgan fingerprint density at radius 3 is 2.16 bits per heavy atom. The van der Waals surface area contributed by atoms with Crippen molar-refractivity contribution in [2.45, 2.75) is 52.9 Å². The molecule has 3 aromatic carbocycles. The van der Waals surface area contributed by atoms with Crippen molar-refractivity contribution in [2.24, 2.45) is 0 Å². The van der Waals surface area contributed by atoms with E-state index in [4.69, 9.17) is 0 Å². The maximum Gasteiger partial charge on any atom is 0.232 e. The molecule has 0 radical (unpaired) electrons. The molecule has 196 valence electrons. The third kappa shape index (κ3) is 7.29. The van der Waals surface area contributed by atoms with Crippen LogP contribution in [-0.2, 0) is 20.2 Å². The molecule has 0 heterocycles. The van der Waals surface area contributed by atoms with Gasteiger partial charge in [-0.25, -0.2) is 8.42 Å². The van der Waals surface area contributed by atoms with E-state index in [0.29, 0.717) is 28.9 Å². The van der Waals surface area contributed by atoms with Gasteiger partial charge in [-0.1, -0.05) is 69.3 Å². The van der Waals surface area contributed by atoms with E-state index in [-0.39, 0.29) is 30.1 Å². The summed E-state index contributed by atoms with van der Waals surface area (Å²) >= 11 is 0. The summed E-state index contributed by atoms with van der Waals surface area (Å²) in [6.45, 7) is 10.4. The minimum absolute atomic E-state index is 0.00297. The normalized spacial score (nSPS) is 11.7. The smallest absolute Gasteiger partial charge is 0.232 e. The first-order valence-electron chi connectivity index (χ1n) is 12.4. The number of ketones is 1. The molecule has 3 rings (SSSR count). The highest BCUT2D eigenvalue weighted by Gasteiger charge is 2.20. The summed E-state index contributed by atoms with van der Waals surface area (Å²) in [6.07, 6.45) is 1.67. The molecule has 0 aliphatic rings. The van der Waals surface area contributed by atoms with Crippen LogP contribution in [-0.4, -0.2) is 32.9 Å². The zero-order valence-electron chi connectivity index (χ0n) is 22.5. The number of amides is 1. The monoisotopic (exact) mass is 520 g/mol. The van der Waals surface area contributed by atoms with Gasteiger partial charge in [0.2, 0.25) is 15.9 Å². The van der Waals surface area contributed by atoms with E-state index in [2.05, 4.69) is 26.1 Å². The number of nitrogens with one attached hydrogen (secondary N) is 1. The van der Waals surface area contributed by atoms with Crippen molar-refractivity contribution in [2.75, 3.05) is 22.4 Å². The Morgan fingerprint density at radius 2 is 1.54 bits per heavy atom. The van der Waals surface area contributed by atoms with Crippen molar-refractivity contribution < 1.29 is 18.0 Å². The van der Waals surface area contributed by atoms with Gasteiger partial charge in [0, 0.05) is 29.8 Å². The molecule has 0 saturated heterocycles. The van der Waals surface area contributed by atoms with Crippen LogP contribution in [0.3, 0.4) is 0 Å². The lowest BCUT2D eigenvalue weighted by atomic mass is 9.86. The highest BCUT2D eigenvalue weighted by molar-refractivity contribution is 7.92. The highest BCUT2D eigenvalue weighted by Crippen LogP contribution is 2.26. The fourth-order valence-corrected chi connectivity index (χ4v) is 5.12. The molecular weight excluding hydrogens is 484 g/mol. The van der Waals surface area contributed by atoms with Gasteiger partial charge in [-0.3, -0.25) is 13.9 Å². The summed E-state index contributed by atoms with van der Waals surface area (Å²) in [5.74, 6) is -0.359. The van der Waals surface area contributed by atoms with Gasteiger partial charge in [0.05, 0.1) is 11.9 Å².